The summed E-state index contributed by atoms with van der Waals surface area (Å²) >= 11 is 0. The minimum Gasteiger partial charge on any atom is -0.497 e. The maximum atomic E-state index is 14.5. The van der Waals surface area contributed by atoms with Crippen LogP contribution in [-0.2, 0) is 23.9 Å². The van der Waals surface area contributed by atoms with Gasteiger partial charge in [0.2, 0.25) is 17.7 Å². The van der Waals surface area contributed by atoms with Gasteiger partial charge in [0.05, 0.1) is 37.3 Å². The summed E-state index contributed by atoms with van der Waals surface area (Å²) in [5, 5.41) is 2.83. The topological polar surface area (TPSA) is 149 Å². The predicted octanol–water partition coefficient (Wildman–Crippen LogP) is 4.76. The predicted molar refractivity (Wildman–Crippen MR) is 186 cm³/mol. The monoisotopic (exact) mass is 693 g/mol. The second-order valence-electron chi connectivity index (χ2n) is 15.0. The van der Waals surface area contributed by atoms with E-state index >= 15 is 0 Å². The van der Waals surface area contributed by atoms with Crippen molar-refractivity contribution in [3.05, 3.63) is 30.0 Å². The molecular weight excluding hydrogens is 642 g/mol. The van der Waals surface area contributed by atoms with E-state index in [2.05, 4.69) is 5.32 Å². The molecule has 3 aliphatic heterocycles. The van der Waals surface area contributed by atoms with Crippen LogP contribution in [0.1, 0.15) is 79.8 Å². The Balaban J connectivity index is 1.58. The molecule has 13 nitrogen and oxygen atoms in total. The normalized spacial score (nSPS) is 27.0. The van der Waals surface area contributed by atoms with Crippen molar-refractivity contribution in [3.63, 3.8) is 0 Å². The van der Waals surface area contributed by atoms with Crippen molar-refractivity contribution in [1.82, 2.24) is 25.1 Å². The molecule has 2 saturated heterocycles. The third-order valence-corrected chi connectivity index (χ3v) is 9.68. The number of aromatic nitrogens is 2. The molecular formula is C37H51N5O8. The van der Waals surface area contributed by atoms with Gasteiger partial charge in [-0.05, 0) is 48.8 Å². The Kier molecular flexibility index (Phi) is 11.2. The summed E-state index contributed by atoms with van der Waals surface area (Å²) in [6.45, 7) is 13.5. The van der Waals surface area contributed by atoms with Crippen molar-refractivity contribution in [2.45, 2.75) is 104 Å². The number of rotatable bonds is 4. The number of nitrogens with one attached hydrogen (secondary N) is 1. The number of ether oxygens (including phenoxy) is 4. The van der Waals surface area contributed by atoms with Crippen LogP contribution in [0.15, 0.2) is 24.3 Å². The number of carbonyl (C=O) groups excluding carboxylic acids is 4. The molecule has 0 radical (unpaired) electrons. The number of methoxy groups -OCH3 is 1. The van der Waals surface area contributed by atoms with Crippen LogP contribution in [0.5, 0.6) is 11.6 Å². The van der Waals surface area contributed by atoms with Gasteiger partial charge in [-0.3, -0.25) is 9.59 Å². The summed E-state index contributed by atoms with van der Waals surface area (Å²) in [6, 6.07) is 3.10. The number of fused-ring (bicyclic) bond motifs is 5. The lowest BCUT2D eigenvalue weighted by Crippen LogP contribution is -2.58. The van der Waals surface area contributed by atoms with Gasteiger partial charge in [0.25, 0.3) is 0 Å². The maximum absolute atomic E-state index is 14.5. The van der Waals surface area contributed by atoms with Crippen LogP contribution in [0.4, 0.5) is 4.79 Å². The first-order chi connectivity index (χ1) is 23.7. The lowest BCUT2D eigenvalue weighted by molar-refractivity contribution is -0.156. The molecule has 3 aliphatic rings. The van der Waals surface area contributed by atoms with Gasteiger partial charge in [0, 0.05) is 31.9 Å². The number of benzene rings is 1. The van der Waals surface area contributed by atoms with Gasteiger partial charge in [-0.2, -0.15) is 0 Å². The molecule has 1 aromatic carbocycles. The molecule has 4 heterocycles. The van der Waals surface area contributed by atoms with E-state index < -0.39 is 53.6 Å². The molecule has 13 heteroatoms. The summed E-state index contributed by atoms with van der Waals surface area (Å²) < 4.78 is 23.7. The van der Waals surface area contributed by atoms with Crippen LogP contribution in [0.2, 0.25) is 0 Å². The number of hydrogen-bond acceptors (Lipinski definition) is 10. The van der Waals surface area contributed by atoms with E-state index in [1.54, 1.807) is 18.1 Å². The van der Waals surface area contributed by atoms with E-state index in [0.29, 0.717) is 48.3 Å². The number of carbonyl (C=O) groups is 4. The molecule has 0 spiro atoms. The Morgan fingerprint density at radius 2 is 1.84 bits per heavy atom. The van der Waals surface area contributed by atoms with E-state index in [-0.39, 0.29) is 36.9 Å². The largest absolute Gasteiger partial charge is 0.497 e. The number of alkyl carbamates (subject to hydrolysis) is 1. The Hall–Kier alpha value is -4.42. The highest BCUT2D eigenvalue weighted by Crippen LogP contribution is 2.34. The molecule has 50 heavy (non-hydrogen) atoms. The molecule has 272 valence electrons. The molecule has 1 N–H and O–H groups in total. The van der Waals surface area contributed by atoms with Gasteiger partial charge < -0.3 is 34.1 Å². The Bertz CT molecular complexity index is 1620. The second-order valence-corrected chi connectivity index (χ2v) is 15.0. The fourth-order valence-corrected chi connectivity index (χ4v) is 6.94. The zero-order valence-electron chi connectivity index (χ0n) is 30.4. The van der Waals surface area contributed by atoms with Gasteiger partial charge in [-0.15, -0.1) is 0 Å². The zero-order valence-corrected chi connectivity index (χ0v) is 30.4. The number of esters is 1. The highest BCUT2D eigenvalue weighted by Gasteiger charge is 2.51. The van der Waals surface area contributed by atoms with Crippen LogP contribution in [0, 0.1) is 17.3 Å². The molecule has 0 unspecified atom stereocenters. The molecule has 0 saturated carbocycles. The lowest BCUT2D eigenvalue weighted by atomic mass is 9.85. The quantitative estimate of drug-likeness (QED) is 0.445. The number of amides is 3. The minimum absolute atomic E-state index is 0.0456. The van der Waals surface area contributed by atoms with Crippen LogP contribution in [0.25, 0.3) is 17.1 Å². The molecule has 2 aromatic rings. The van der Waals surface area contributed by atoms with Crippen LogP contribution < -0.4 is 14.8 Å². The minimum atomic E-state index is -1.05. The summed E-state index contributed by atoms with van der Waals surface area (Å²) in [7, 11) is 1.58. The Labute approximate surface area is 294 Å². The van der Waals surface area contributed by atoms with Crippen molar-refractivity contribution in [1.29, 1.82) is 0 Å². The molecule has 1 aromatic heterocycles. The standard InChI is InChI=1S/C37H51N5O8/c1-21(2)20-48-35(45)31-22(3)30-19-42(31)34(44)32(37(5,6)7)40-36(46)50-29-16-17-41(23(4)43)28(29)13-11-9-10-12-26-33(49-30)39-27-18-24(47-8)14-15-25(27)38-26/h10,12,14-15,18,21-22,28-32H,9,11,13,16-17,19-20H2,1-8H3,(H,40,46)/b12-10+/t22-,28+,29-,30+,31+,32-/m1/s1. The van der Waals surface area contributed by atoms with E-state index in [1.807, 2.05) is 65.8 Å². The number of likely N-dealkylation sites (tertiary alicyclic amines) is 1. The molecule has 6 atom stereocenters. The van der Waals surface area contributed by atoms with Gasteiger partial charge in [-0.1, -0.05) is 47.6 Å². The fourth-order valence-electron chi connectivity index (χ4n) is 6.94. The van der Waals surface area contributed by atoms with Crippen LogP contribution in [0.3, 0.4) is 0 Å². The maximum Gasteiger partial charge on any atom is 0.408 e. The van der Waals surface area contributed by atoms with Crippen molar-refractivity contribution in [3.8, 4) is 11.6 Å². The van der Waals surface area contributed by atoms with Gasteiger partial charge >= 0.3 is 12.1 Å². The number of hydrogen-bond donors (Lipinski definition) is 1. The van der Waals surface area contributed by atoms with Crippen LogP contribution in [-0.4, -0.2) is 101 Å². The summed E-state index contributed by atoms with van der Waals surface area (Å²) in [6.07, 6.45) is 4.42. The SMILES string of the molecule is COc1ccc2nc3c(nc2c1)O[C@H]1CN(C(=O)[C@H](C(C)(C)C)NC(=O)O[C@@H]2CCN(C(C)=O)[C@H]2CCC/C=C/3)[C@H](C(=O)OCC(C)C)[C@@H]1C. The first-order valence-electron chi connectivity index (χ1n) is 17.6. The van der Waals surface area contributed by atoms with Crippen molar-refractivity contribution < 1.29 is 38.1 Å². The van der Waals surface area contributed by atoms with Crippen LogP contribution >= 0.6 is 0 Å². The smallest absolute Gasteiger partial charge is 0.408 e. The lowest BCUT2D eigenvalue weighted by Gasteiger charge is -2.35. The van der Waals surface area contributed by atoms with Gasteiger partial charge in [0.15, 0.2) is 0 Å². The Morgan fingerprint density at radius 3 is 2.52 bits per heavy atom. The highest BCUT2D eigenvalue weighted by molar-refractivity contribution is 5.91. The first-order valence-corrected chi connectivity index (χ1v) is 17.6. The molecule has 3 amide bonds. The van der Waals surface area contributed by atoms with E-state index in [9.17, 15) is 19.2 Å². The average molecular weight is 694 g/mol. The zero-order chi connectivity index (χ0) is 36.3. The molecule has 2 fully saturated rings. The summed E-state index contributed by atoms with van der Waals surface area (Å²) in [4.78, 5) is 67.2. The summed E-state index contributed by atoms with van der Waals surface area (Å²) in [5.74, 6) is -0.612. The second kappa shape index (κ2) is 15.2. The van der Waals surface area contributed by atoms with Crippen molar-refractivity contribution in [2.75, 3.05) is 26.8 Å². The van der Waals surface area contributed by atoms with Gasteiger partial charge in [-0.25, -0.2) is 19.6 Å². The average Bonchev–Trinajstić information content (AvgIpc) is 3.60. The summed E-state index contributed by atoms with van der Waals surface area (Å²) in [5.41, 5.74) is 0.967. The third kappa shape index (κ3) is 8.13. The van der Waals surface area contributed by atoms with Crippen molar-refractivity contribution in [2.24, 2.45) is 17.3 Å². The molecule has 0 aliphatic carbocycles. The molecule has 5 rings (SSSR count). The van der Waals surface area contributed by atoms with Crippen molar-refractivity contribution >= 4 is 41.0 Å². The Morgan fingerprint density at radius 1 is 1.08 bits per heavy atom. The van der Waals surface area contributed by atoms with E-state index in [4.69, 9.17) is 28.9 Å². The number of nitrogens with zero attached hydrogens (tertiary/aromatic N) is 4. The molecule has 2 bridgehead atoms. The number of allylic oxidation sites excluding steroid dienone is 1. The van der Waals surface area contributed by atoms with Gasteiger partial charge in [0.1, 0.15) is 35.7 Å². The third-order valence-electron chi connectivity index (χ3n) is 9.68. The van der Waals surface area contributed by atoms with E-state index in [0.717, 1.165) is 6.42 Å². The highest BCUT2D eigenvalue weighted by atomic mass is 16.6. The first kappa shape index (κ1) is 36.9. The fraction of sp³-hybridized carbons (Fsp3) is 0.622. The van der Waals surface area contributed by atoms with E-state index in [1.165, 1.54) is 11.8 Å².